The van der Waals surface area contributed by atoms with Gasteiger partial charge in [0.15, 0.2) is 0 Å². The topological polar surface area (TPSA) is 94.8 Å². The number of ether oxygens (including phenoxy) is 1. The zero-order valence-electron chi connectivity index (χ0n) is 14.1. The summed E-state index contributed by atoms with van der Waals surface area (Å²) in [5.74, 6) is -0.304. The summed E-state index contributed by atoms with van der Waals surface area (Å²) in [7, 11) is 0. The molecular weight excluding hydrogens is 318 g/mol. The van der Waals surface area contributed by atoms with Crippen molar-refractivity contribution in [2.45, 2.75) is 13.3 Å². The molecule has 1 aliphatic rings. The number of allylic oxidation sites excluding steroid dienone is 4. The van der Waals surface area contributed by atoms with Crippen molar-refractivity contribution >= 4 is 23.1 Å². The van der Waals surface area contributed by atoms with Crippen molar-refractivity contribution in [3.8, 4) is 5.75 Å². The summed E-state index contributed by atoms with van der Waals surface area (Å²) in [6.07, 6.45) is 7.56. The average Bonchev–Trinajstić information content (AvgIpc) is 2.59. The van der Waals surface area contributed by atoms with E-state index in [2.05, 4.69) is 16.9 Å². The lowest BCUT2D eigenvalue weighted by Crippen LogP contribution is -2.12. The Hall–Kier alpha value is -3.15. The molecule has 0 radical (unpaired) electrons. The number of hydrogen-bond donors (Lipinski definition) is 3. The van der Waals surface area contributed by atoms with E-state index in [1.165, 1.54) is 0 Å². The van der Waals surface area contributed by atoms with Gasteiger partial charge in [-0.1, -0.05) is 24.8 Å². The van der Waals surface area contributed by atoms with Crippen LogP contribution in [0.5, 0.6) is 5.75 Å². The van der Waals surface area contributed by atoms with Crippen molar-refractivity contribution in [2.24, 2.45) is 4.99 Å². The molecular formula is C19H21N3O3. The first kappa shape index (κ1) is 18.2. The summed E-state index contributed by atoms with van der Waals surface area (Å²) in [4.78, 5) is 15.6. The van der Waals surface area contributed by atoms with Crippen LogP contribution in [0.1, 0.15) is 12.5 Å². The number of carbonyl (C=O) groups is 1. The number of hydrogen-bond acceptors (Lipinski definition) is 6. The SMILES string of the molecule is C=C(C)C(=O)OCCc1ccc(O)c(NC/N=C2/C=CC=CC2=N)c1. The largest absolute Gasteiger partial charge is 0.506 e. The van der Waals surface area contributed by atoms with Crippen molar-refractivity contribution in [1.82, 2.24) is 0 Å². The molecule has 2 rings (SSSR count). The highest BCUT2D eigenvalue weighted by atomic mass is 16.5. The highest BCUT2D eigenvalue weighted by Gasteiger charge is 2.06. The molecule has 6 heteroatoms. The van der Waals surface area contributed by atoms with Gasteiger partial charge < -0.3 is 15.2 Å². The normalized spacial score (nSPS) is 14.6. The van der Waals surface area contributed by atoms with Gasteiger partial charge in [0.05, 0.1) is 23.7 Å². The van der Waals surface area contributed by atoms with Gasteiger partial charge >= 0.3 is 5.97 Å². The average molecular weight is 339 g/mol. The van der Waals surface area contributed by atoms with E-state index in [9.17, 15) is 9.90 Å². The van der Waals surface area contributed by atoms with Gasteiger partial charge in [0.25, 0.3) is 0 Å². The van der Waals surface area contributed by atoms with Gasteiger partial charge in [-0.25, -0.2) is 4.79 Å². The van der Waals surface area contributed by atoms with Crippen LogP contribution in [-0.2, 0) is 16.0 Å². The van der Waals surface area contributed by atoms with Crippen molar-refractivity contribution in [2.75, 3.05) is 18.6 Å². The molecule has 0 unspecified atom stereocenters. The lowest BCUT2D eigenvalue weighted by atomic mass is 10.1. The Morgan fingerprint density at radius 2 is 2.12 bits per heavy atom. The smallest absolute Gasteiger partial charge is 0.333 e. The first-order valence-electron chi connectivity index (χ1n) is 7.84. The van der Waals surface area contributed by atoms with Crippen LogP contribution in [0, 0.1) is 5.41 Å². The van der Waals surface area contributed by atoms with Crippen LogP contribution in [0.25, 0.3) is 0 Å². The predicted molar refractivity (Wildman–Crippen MR) is 99.5 cm³/mol. The second kappa shape index (κ2) is 8.63. The molecule has 0 aromatic heterocycles. The number of phenols is 1. The van der Waals surface area contributed by atoms with Crippen LogP contribution in [0.2, 0.25) is 0 Å². The van der Waals surface area contributed by atoms with Crippen LogP contribution in [0.3, 0.4) is 0 Å². The van der Waals surface area contributed by atoms with E-state index in [-0.39, 0.29) is 19.0 Å². The number of carbonyl (C=O) groups excluding carboxylic acids is 1. The van der Waals surface area contributed by atoms with Crippen LogP contribution >= 0.6 is 0 Å². The molecule has 0 bridgehead atoms. The number of rotatable bonds is 7. The third-order valence-electron chi connectivity index (χ3n) is 3.46. The standard InChI is InChI=1S/C19H21N3O3/c1-13(2)19(24)25-10-9-14-7-8-18(23)17(11-14)22-12-21-16-6-4-3-5-15(16)20/h3-8,11,20,22-23H,1,9-10,12H2,2H3/b20-15?,21-16-. The van der Waals surface area contributed by atoms with Crippen molar-refractivity contribution in [3.63, 3.8) is 0 Å². The molecule has 0 atom stereocenters. The van der Waals surface area contributed by atoms with Crippen LogP contribution in [-0.4, -0.2) is 35.8 Å². The monoisotopic (exact) mass is 339 g/mol. The highest BCUT2D eigenvalue weighted by molar-refractivity contribution is 6.50. The Labute approximate surface area is 146 Å². The number of aliphatic imine (C=N–C) groups is 1. The van der Waals surface area contributed by atoms with E-state index in [1.54, 1.807) is 43.4 Å². The van der Waals surface area contributed by atoms with Gasteiger partial charge in [0.2, 0.25) is 0 Å². The molecule has 0 saturated carbocycles. The molecule has 1 aliphatic carbocycles. The molecule has 0 spiro atoms. The summed E-state index contributed by atoms with van der Waals surface area (Å²) in [5.41, 5.74) is 2.74. The first-order chi connectivity index (χ1) is 12.0. The predicted octanol–water partition coefficient (Wildman–Crippen LogP) is 3.01. The van der Waals surface area contributed by atoms with Gasteiger partial charge in [-0.15, -0.1) is 0 Å². The van der Waals surface area contributed by atoms with E-state index >= 15 is 0 Å². The Morgan fingerprint density at radius 3 is 2.84 bits per heavy atom. The quantitative estimate of drug-likeness (QED) is 0.308. The number of nitrogens with one attached hydrogen (secondary N) is 2. The van der Waals surface area contributed by atoms with E-state index in [0.29, 0.717) is 29.1 Å². The molecule has 0 heterocycles. The van der Waals surface area contributed by atoms with Crippen LogP contribution in [0.15, 0.2) is 59.6 Å². The summed E-state index contributed by atoms with van der Waals surface area (Å²) in [6.45, 7) is 5.61. The number of benzene rings is 1. The molecule has 1 aromatic carbocycles. The Morgan fingerprint density at radius 1 is 1.36 bits per heavy atom. The lowest BCUT2D eigenvalue weighted by molar-refractivity contribution is -0.138. The zero-order chi connectivity index (χ0) is 18.2. The first-order valence-corrected chi connectivity index (χ1v) is 7.84. The van der Waals surface area contributed by atoms with E-state index in [1.807, 2.05) is 6.08 Å². The summed E-state index contributed by atoms with van der Waals surface area (Å²) < 4.78 is 5.07. The minimum absolute atomic E-state index is 0.108. The summed E-state index contributed by atoms with van der Waals surface area (Å²) in [5, 5.41) is 20.7. The van der Waals surface area contributed by atoms with Crippen molar-refractivity contribution in [3.05, 3.63) is 60.2 Å². The fourth-order valence-corrected chi connectivity index (χ4v) is 2.09. The molecule has 130 valence electrons. The summed E-state index contributed by atoms with van der Waals surface area (Å²) >= 11 is 0. The van der Waals surface area contributed by atoms with E-state index < -0.39 is 5.97 Å². The maximum absolute atomic E-state index is 11.4. The van der Waals surface area contributed by atoms with Gasteiger partial charge in [-0.3, -0.25) is 10.4 Å². The number of anilines is 1. The summed E-state index contributed by atoms with van der Waals surface area (Å²) in [6, 6.07) is 5.13. The maximum Gasteiger partial charge on any atom is 0.333 e. The van der Waals surface area contributed by atoms with Gasteiger partial charge in [-0.05, 0) is 36.8 Å². The minimum atomic E-state index is -0.412. The second-order valence-corrected chi connectivity index (χ2v) is 5.53. The zero-order valence-corrected chi connectivity index (χ0v) is 14.1. The molecule has 6 nitrogen and oxygen atoms in total. The Kier molecular flexibility index (Phi) is 6.28. The molecule has 0 amide bonds. The lowest BCUT2D eigenvalue weighted by Gasteiger charge is -2.10. The minimum Gasteiger partial charge on any atom is -0.506 e. The number of esters is 1. The highest BCUT2D eigenvalue weighted by Crippen LogP contribution is 2.24. The van der Waals surface area contributed by atoms with Gasteiger partial charge in [0, 0.05) is 12.0 Å². The molecule has 1 aromatic rings. The van der Waals surface area contributed by atoms with Crippen molar-refractivity contribution in [1.29, 1.82) is 5.41 Å². The number of phenolic OH excluding ortho intramolecular Hbond substituents is 1. The number of nitrogens with zero attached hydrogens (tertiary/aromatic N) is 1. The molecule has 0 aliphatic heterocycles. The van der Waals surface area contributed by atoms with Gasteiger partial charge in [0.1, 0.15) is 12.4 Å². The fraction of sp³-hybridized carbons (Fsp3) is 0.211. The van der Waals surface area contributed by atoms with Crippen molar-refractivity contribution < 1.29 is 14.6 Å². The third kappa shape index (κ3) is 5.46. The molecule has 3 N–H and O–H groups in total. The van der Waals surface area contributed by atoms with Crippen LogP contribution < -0.4 is 5.32 Å². The second-order valence-electron chi connectivity index (χ2n) is 5.53. The van der Waals surface area contributed by atoms with Gasteiger partial charge in [-0.2, -0.15) is 0 Å². The fourth-order valence-electron chi connectivity index (χ4n) is 2.09. The third-order valence-corrected chi connectivity index (χ3v) is 3.46. The van der Waals surface area contributed by atoms with E-state index in [4.69, 9.17) is 10.1 Å². The Bertz CT molecular complexity index is 776. The molecule has 25 heavy (non-hydrogen) atoms. The Balaban J connectivity index is 1.92. The maximum atomic E-state index is 11.4. The number of aromatic hydroxyl groups is 1. The van der Waals surface area contributed by atoms with E-state index in [0.717, 1.165) is 5.56 Å². The molecule has 0 saturated heterocycles. The van der Waals surface area contributed by atoms with Crippen LogP contribution in [0.4, 0.5) is 5.69 Å². The molecule has 0 fully saturated rings.